The van der Waals surface area contributed by atoms with Crippen molar-refractivity contribution in [2.75, 3.05) is 20.1 Å². The molecule has 0 spiro atoms. The minimum atomic E-state index is -3.55. The first-order valence-electron chi connectivity index (χ1n) is 9.85. The fourth-order valence-corrected chi connectivity index (χ4v) is 5.58. The number of likely N-dealkylation sites (N-methyl/N-ethyl adjacent to an activating group) is 1. The van der Waals surface area contributed by atoms with Crippen molar-refractivity contribution in [3.63, 3.8) is 0 Å². The van der Waals surface area contributed by atoms with Gasteiger partial charge in [-0.05, 0) is 56.6 Å². The van der Waals surface area contributed by atoms with Crippen molar-refractivity contribution >= 4 is 15.9 Å². The van der Waals surface area contributed by atoms with Gasteiger partial charge in [0.15, 0.2) is 0 Å². The monoisotopic (exact) mass is 393 g/mol. The summed E-state index contributed by atoms with van der Waals surface area (Å²) in [4.78, 5) is 14.7. The molecule has 27 heavy (non-hydrogen) atoms. The summed E-state index contributed by atoms with van der Waals surface area (Å²) >= 11 is 0. The average molecular weight is 394 g/mol. The molecule has 2 fully saturated rings. The Kier molecular flexibility index (Phi) is 6.23. The molecular weight excluding hydrogens is 362 g/mol. The molecule has 2 bridgehead atoms. The maximum absolute atomic E-state index is 12.8. The molecule has 1 amide bonds. The molecule has 150 valence electrons. The zero-order valence-corrected chi connectivity index (χ0v) is 17.0. The summed E-state index contributed by atoms with van der Waals surface area (Å²) in [7, 11) is -1.79. The van der Waals surface area contributed by atoms with E-state index in [2.05, 4.69) is 4.72 Å². The average Bonchev–Trinajstić information content (AvgIpc) is 2.61. The molecule has 1 aromatic rings. The highest BCUT2D eigenvalue weighted by Gasteiger charge is 2.41. The summed E-state index contributed by atoms with van der Waals surface area (Å²) in [5.41, 5.74) is 7.32. The van der Waals surface area contributed by atoms with Gasteiger partial charge in [-0.25, -0.2) is 13.1 Å². The number of sulfonamides is 1. The van der Waals surface area contributed by atoms with Crippen LogP contribution in [-0.4, -0.2) is 45.4 Å². The molecule has 2 atom stereocenters. The molecule has 2 saturated carbocycles. The highest BCUT2D eigenvalue weighted by atomic mass is 32.2. The lowest BCUT2D eigenvalue weighted by Gasteiger charge is -2.44. The van der Waals surface area contributed by atoms with Gasteiger partial charge in [0.25, 0.3) is 0 Å². The van der Waals surface area contributed by atoms with Crippen LogP contribution in [0.3, 0.4) is 0 Å². The van der Waals surface area contributed by atoms with E-state index in [4.69, 9.17) is 5.73 Å². The molecule has 0 aromatic heterocycles. The Morgan fingerprint density at radius 3 is 2.37 bits per heavy atom. The van der Waals surface area contributed by atoms with Crippen LogP contribution in [0.5, 0.6) is 0 Å². The van der Waals surface area contributed by atoms with Crippen LogP contribution >= 0.6 is 0 Å². The van der Waals surface area contributed by atoms with Gasteiger partial charge in [-0.15, -0.1) is 0 Å². The molecule has 2 unspecified atom stereocenters. The molecule has 1 aromatic carbocycles. The van der Waals surface area contributed by atoms with Crippen molar-refractivity contribution < 1.29 is 13.2 Å². The summed E-state index contributed by atoms with van der Waals surface area (Å²) in [6.07, 6.45) is 5.22. The SMILES string of the molecule is Cc1ccc(S(=O)(=O)NCCN(C)C(=O)C2CC3CCCC(C2)C3N)cc1. The maximum atomic E-state index is 12.8. The number of benzene rings is 1. The zero-order valence-electron chi connectivity index (χ0n) is 16.2. The van der Waals surface area contributed by atoms with Gasteiger partial charge in [-0.3, -0.25) is 4.79 Å². The largest absolute Gasteiger partial charge is 0.344 e. The number of fused-ring (bicyclic) bond motifs is 2. The Hall–Kier alpha value is -1.44. The number of nitrogens with one attached hydrogen (secondary N) is 1. The van der Waals surface area contributed by atoms with E-state index in [1.165, 1.54) is 6.42 Å². The summed E-state index contributed by atoms with van der Waals surface area (Å²) in [6.45, 7) is 2.48. The van der Waals surface area contributed by atoms with Crippen LogP contribution in [0, 0.1) is 24.7 Å². The standard InChI is InChI=1S/C20H31N3O3S/c1-14-6-8-18(9-7-14)27(25,26)22-10-11-23(2)20(24)17-12-15-4-3-5-16(13-17)19(15)21/h6-9,15-17,19,22H,3-5,10-13,21H2,1-2H3. The number of amides is 1. The lowest BCUT2D eigenvalue weighted by molar-refractivity contribution is -0.137. The summed E-state index contributed by atoms with van der Waals surface area (Å²) in [5, 5.41) is 0. The number of carbonyl (C=O) groups is 1. The van der Waals surface area contributed by atoms with Crippen LogP contribution in [-0.2, 0) is 14.8 Å². The van der Waals surface area contributed by atoms with Crippen molar-refractivity contribution in [3.8, 4) is 0 Å². The quantitative estimate of drug-likeness (QED) is 0.772. The van der Waals surface area contributed by atoms with Gasteiger partial charge < -0.3 is 10.6 Å². The van der Waals surface area contributed by atoms with Crippen LogP contribution in [0.1, 0.15) is 37.7 Å². The predicted molar refractivity (Wildman–Crippen MR) is 106 cm³/mol. The fourth-order valence-electron chi connectivity index (χ4n) is 4.56. The van der Waals surface area contributed by atoms with Crippen LogP contribution < -0.4 is 10.5 Å². The second kappa shape index (κ2) is 8.29. The molecule has 3 N–H and O–H groups in total. The topological polar surface area (TPSA) is 92.5 Å². The van der Waals surface area contributed by atoms with Gasteiger partial charge >= 0.3 is 0 Å². The molecule has 0 radical (unpaired) electrons. The predicted octanol–water partition coefficient (Wildman–Crippen LogP) is 1.89. The molecule has 0 heterocycles. The first-order chi connectivity index (χ1) is 12.8. The highest BCUT2D eigenvalue weighted by molar-refractivity contribution is 7.89. The zero-order chi connectivity index (χ0) is 19.6. The molecular formula is C20H31N3O3S. The van der Waals surface area contributed by atoms with E-state index in [0.29, 0.717) is 18.4 Å². The summed E-state index contributed by atoms with van der Waals surface area (Å²) < 4.78 is 27.3. The van der Waals surface area contributed by atoms with E-state index in [-0.39, 0.29) is 29.3 Å². The highest BCUT2D eigenvalue weighted by Crippen LogP contribution is 2.42. The number of carbonyl (C=O) groups excluding carboxylic acids is 1. The number of rotatable bonds is 6. The van der Waals surface area contributed by atoms with E-state index in [1.54, 1.807) is 36.2 Å². The number of hydrogen-bond acceptors (Lipinski definition) is 4. The lowest BCUT2D eigenvalue weighted by atomic mass is 9.65. The Morgan fingerprint density at radius 1 is 1.19 bits per heavy atom. The van der Waals surface area contributed by atoms with Crippen molar-refractivity contribution in [3.05, 3.63) is 29.8 Å². The van der Waals surface area contributed by atoms with E-state index < -0.39 is 10.0 Å². The maximum Gasteiger partial charge on any atom is 0.240 e. The minimum Gasteiger partial charge on any atom is -0.344 e. The first-order valence-corrected chi connectivity index (χ1v) is 11.3. The minimum absolute atomic E-state index is 0.0267. The van der Waals surface area contributed by atoms with E-state index in [1.807, 2.05) is 6.92 Å². The Bertz CT molecular complexity index is 749. The molecule has 0 aliphatic heterocycles. The summed E-state index contributed by atoms with van der Waals surface area (Å²) in [5.74, 6) is 1.06. The Morgan fingerprint density at radius 2 is 1.78 bits per heavy atom. The van der Waals surface area contributed by atoms with Crippen molar-refractivity contribution in [1.29, 1.82) is 0 Å². The van der Waals surface area contributed by atoms with E-state index in [0.717, 1.165) is 31.2 Å². The van der Waals surface area contributed by atoms with Crippen LogP contribution in [0.15, 0.2) is 29.2 Å². The Balaban J connectivity index is 1.51. The molecule has 3 rings (SSSR count). The number of nitrogens with zero attached hydrogens (tertiary/aromatic N) is 1. The van der Waals surface area contributed by atoms with Gasteiger partial charge in [0.2, 0.25) is 15.9 Å². The van der Waals surface area contributed by atoms with Gasteiger partial charge in [0.1, 0.15) is 0 Å². The van der Waals surface area contributed by atoms with Crippen LogP contribution in [0.2, 0.25) is 0 Å². The Labute approximate surface area is 162 Å². The van der Waals surface area contributed by atoms with Gasteiger partial charge in [-0.2, -0.15) is 0 Å². The first kappa shape index (κ1) is 20.3. The second-order valence-corrected chi connectivity index (χ2v) is 9.93. The van der Waals surface area contributed by atoms with Crippen LogP contribution in [0.25, 0.3) is 0 Å². The lowest BCUT2D eigenvalue weighted by Crippen LogP contribution is -2.49. The molecule has 6 nitrogen and oxygen atoms in total. The molecule has 0 saturated heterocycles. The smallest absolute Gasteiger partial charge is 0.240 e. The number of nitrogens with two attached hydrogens (primary N) is 1. The van der Waals surface area contributed by atoms with Gasteiger partial charge in [0, 0.05) is 32.1 Å². The number of aryl methyl sites for hydroxylation is 1. The second-order valence-electron chi connectivity index (χ2n) is 8.17. The normalized spacial score (nSPS) is 28.0. The van der Waals surface area contributed by atoms with Gasteiger partial charge in [-0.1, -0.05) is 24.1 Å². The molecule has 7 heteroatoms. The fraction of sp³-hybridized carbons (Fsp3) is 0.650. The van der Waals surface area contributed by atoms with Crippen LogP contribution in [0.4, 0.5) is 0 Å². The third-order valence-corrected chi connectivity index (χ3v) is 7.69. The molecule has 2 aliphatic rings. The third kappa shape index (κ3) is 4.70. The third-order valence-electron chi connectivity index (χ3n) is 6.21. The van der Waals surface area contributed by atoms with E-state index in [9.17, 15) is 13.2 Å². The number of hydrogen-bond donors (Lipinski definition) is 2. The van der Waals surface area contributed by atoms with Crippen molar-refractivity contribution in [2.24, 2.45) is 23.5 Å². The molecule has 2 aliphatic carbocycles. The van der Waals surface area contributed by atoms with Crippen molar-refractivity contribution in [1.82, 2.24) is 9.62 Å². The van der Waals surface area contributed by atoms with E-state index >= 15 is 0 Å². The summed E-state index contributed by atoms with van der Waals surface area (Å²) in [6, 6.07) is 6.98. The van der Waals surface area contributed by atoms with Gasteiger partial charge in [0.05, 0.1) is 4.90 Å². The van der Waals surface area contributed by atoms with Crippen molar-refractivity contribution in [2.45, 2.75) is 50.0 Å².